The van der Waals surface area contributed by atoms with Crippen molar-refractivity contribution in [1.29, 1.82) is 0 Å². The number of fused-ring (bicyclic) bond motifs is 2. The molecule has 1 unspecified atom stereocenters. The number of cyclic esters (lactones) is 1. The van der Waals surface area contributed by atoms with E-state index in [0.29, 0.717) is 25.2 Å². The molecule has 0 aromatic carbocycles. The number of methoxy groups -OCH3 is 1. The number of hydrogen-bond acceptors (Lipinski definition) is 16. The van der Waals surface area contributed by atoms with E-state index < -0.39 is 114 Å². The lowest BCUT2D eigenvalue weighted by atomic mass is 9.79. The van der Waals surface area contributed by atoms with Crippen molar-refractivity contribution >= 4 is 41.4 Å². The molecule has 0 aromatic rings. The number of hydrogen-bond donors (Lipinski definition) is 8. The normalized spacial score (nSPS) is 33.3. The van der Waals surface area contributed by atoms with Gasteiger partial charge < -0.3 is 35.1 Å². The van der Waals surface area contributed by atoms with Gasteiger partial charge in [0.2, 0.25) is 11.7 Å². The van der Waals surface area contributed by atoms with E-state index in [1.807, 2.05) is 13.8 Å². The number of esters is 1. The molecule has 0 radical (unpaired) electrons. The lowest BCUT2D eigenvalue weighted by Gasteiger charge is -2.47. The number of carbonyl (C=O) groups is 7. The lowest BCUT2D eigenvalue weighted by molar-refractivity contribution is -0.326. The Balaban J connectivity index is 1.79. The van der Waals surface area contributed by atoms with Crippen molar-refractivity contribution in [2.75, 3.05) is 33.4 Å². The van der Waals surface area contributed by atoms with Gasteiger partial charge in [-0.05, 0) is 77.0 Å². The van der Waals surface area contributed by atoms with Crippen LogP contribution in [-0.2, 0) is 47.8 Å². The summed E-state index contributed by atoms with van der Waals surface area (Å²) >= 11 is 0. The van der Waals surface area contributed by atoms with Gasteiger partial charge in [-0.3, -0.25) is 49.2 Å². The van der Waals surface area contributed by atoms with E-state index in [1.54, 1.807) is 6.92 Å². The second kappa shape index (κ2) is 20.2. The largest absolute Gasteiger partial charge is 0.458 e. The molecule has 4 aliphatic rings. The fourth-order valence-electron chi connectivity index (χ4n) is 8.03. The molecule has 22 nitrogen and oxygen atoms in total. The number of hydroxylamine groups is 4. The lowest BCUT2D eigenvalue weighted by Crippen LogP contribution is -2.70. The third kappa shape index (κ3) is 10.5. The van der Waals surface area contributed by atoms with Gasteiger partial charge in [-0.2, -0.15) is 0 Å². The standard InChI is InChI=1S/C38H64N8O14/c1-20(2)17-24-13-14-38(55,60-23(24)6)37(7,54)36(53)42-29-30(21(3)4)59-35(52)22(5)45(56)32(49)25-11-9-15-40-43(25)28(47)18-39-31(48)27(19-58-8)46(57)33(50)26-12-10-16-41-44(26)34(29)51/h20-27,29-30,40-41,54-57H,9-19H2,1-8H3,(H,39,48)(H,42,53)/t22-,23-,24-,25-,26-,27?,29-,30-,37+,38+/m0/s1. The molecule has 0 saturated carbocycles. The summed E-state index contributed by atoms with van der Waals surface area (Å²) < 4.78 is 16.9. The van der Waals surface area contributed by atoms with Crippen LogP contribution in [0.25, 0.3) is 0 Å². The summed E-state index contributed by atoms with van der Waals surface area (Å²) in [4.78, 5) is 97.5. The van der Waals surface area contributed by atoms with E-state index in [0.717, 1.165) is 30.3 Å². The summed E-state index contributed by atoms with van der Waals surface area (Å²) in [5.74, 6) is -10.7. The Hall–Kier alpha value is -4.03. The van der Waals surface area contributed by atoms with Gasteiger partial charge in [0.1, 0.15) is 24.2 Å². The third-order valence-electron chi connectivity index (χ3n) is 11.7. The maximum absolute atomic E-state index is 14.8. The Morgan fingerprint density at radius 1 is 0.933 bits per heavy atom. The summed E-state index contributed by atoms with van der Waals surface area (Å²) in [6.07, 6.45) is -0.563. The van der Waals surface area contributed by atoms with Gasteiger partial charge >= 0.3 is 5.97 Å². The summed E-state index contributed by atoms with van der Waals surface area (Å²) in [6.45, 7) is 10.1. The van der Waals surface area contributed by atoms with E-state index in [-0.39, 0.29) is 48.4 Å². The molecule has 4 rings (SSSR count). The van der Waals surface area contributed by atoms with Crippen LogP contribution in [-0.4, -0.2) is 169 Å². The summed E-state index contributed by atoms with van der Waals surface area (Å²) in [5, 5.41) is 52.5. The van der Waals surface area contributed by atoms with Crippen LogP contribution in [0.4, 0.5) is 0 Å². The van der Waals surface area contributed by atoms with Crippen molar-refractivity contribution in [2.45, 2.75) is 147 Å². The van der Waals surface area contributed by atoms with Gasteiger partial charge in [-0.1, -0.05) is 27.7 Å². The Morgan fingerprint density at radius 2 is 1.52 bits per heavy atom. The van der Waals surface area contributed by atoms with Gasteiger partial charge in [0.05, 0.1) is 19.3 Å². The topological polar surface area (TPSA) is 289 Å². The van der Waals surface area contributed by atoms with Crippen LogP contribution in [0.15, 0.2) is 0 Å². The number of rotatable bonds is 8. The zero-order valence-corrected chi connectivity index (χ0v) is 35.7. The van der Waals surface area contributed by atoms with Crippen molar-refractivity contribution in [3.63, 3.8) is 0 Å². The third-order valence-corrected chi connectivity index (χ3v) is 11.7. The van der Waals surface area contributed by atoms with Gasteiger partial charge in [0, 0.05) is 26.6 Å². The molecule has 4 saturated heterocycles. The minimum atomic E-state index is -2.72. The van der Waals surface area contributed by atoms with Crippen LogP contribution in [0.3, 0.4) is 0 Å². The quantitative estimate of drug-likeness (QED) is 0.0998. The molecule has 4 fully saturated rings. The van der Waals surface area contributed by atoms with Crippen molar-refractivity contribution in [2.24, 2.45) is 17.8 Å². The molecule has 60 heavy (non-hydrogen) atoms. The first-order chi connectivity index (χ1) is 28.1. The molecule has 22 heteroatoms. The van der Waals surface area contributed by atoms with Crippen LogP contribution < -0.4 is 21.5 Å². The first-order valence-corrected chi connectivity index (χ1v) is 20.6. The van der Waals surface area contributed by atoms with E-state index >= 15 is 0 Å². The smallest absolute Gasteiger partial charge is 0.331 e. The number of aliphatic hydroxyl groups is 2. The molecule has 10 atom stereocenters. The van der Waals surface area contributed by atoms with Crippen LogP contribution in [0, 0.1) is 17.8 Å². The molecule has 8 N–H and O–H groups in total. The highest BCUT2D eigenvalue weighted by Crippen LogP contribution is 2.40. The summed E-state index contributed by atoms with van der Waals surface area (Å²) in [7, 11) is 1.20. The molecule has 0 aromatic heterocycles. The SMILES string of the molecule is COCC1C(=O)NCC(=O)N2NCCC[C@H]2C(=O)N(O)[C@@H](C)C(=O)O[C@@H](C(C)C)[C@H](NC(=O)[C@@](C)(O)[C@@]2(O)CC[C@@H](CC(C)C)[C@H](C)O2)C(=O)N2NCCC[C@H]2C(=O)N1O. The van der Waals surface area contributed by atoms with Crippen molar-refractivity contribution < 1.29 is 68.4 Å². The average molecular weight is 857 g/mol. The fraction of sp³-hybridized carbons (Fsp3) is 0.816. The fourth-order valence-corrected chi connectivity index (χ4v) is 8.03. The zero-order valence-electron chi connectivity index (χ0n) is 35.7. The van der Waals surface area contributed by atoms with Crippen molar-refractivity contribution in [1.82, 2.24) is 41.6 Å². The van der Waals surface area contributed by atoms with Gasteiger partial charge in [0.25, 0.3) is 29.5 Å². The second-order valence-electron chi connectivity index (χ2n) is 17.0. The molecule has 6 amide bonds. The van der Waals surface area contributed by atoms with E-state index in [1.165, 1.54) is 21.0 Å². The van der Waals surface area contributed by atoms with E-state index in [2.05, 4.69) is 21.5 Å². The maximum Gasteiger partial charge on any atom is 0.331 e. The highest BCUT2D eigenvalue weighted by molar-refractivity contribution is 5.97. The van der Waals surface area contributed by atoms with Crippen LogP contribution >= 0.6 is 0 Å². The molecule has 0 bridgehead atoms. The van der Waals surface area contributed by atoms with Crippen molar-refractivity contribution in [3.05, 3.63) is 0 Å². The summed E-state index contributed by atoms with van der Waals surface area (Å²) in [6, 6.07) is -8.32. The Morgan fingerprint density at radius 3 is 2.08 bits per heavy atom. The number of nitrogens with one attached hydrogen (secondary N) is 4. The van der Waals surface area contributed by atoms with Crippen LogP contribution in [0.2, 0.25) is 0 Å². The Labute approximate surface area is 349 Å². The predicted octanol–water partition coefficient (Wildman–Crippen LogP) is -1.70. The molecule has 340 valence electrons. The molecule has 4 aliphatic heterocycles. The number of nitrogens with zero attached hydrogens (tertiary/aromatic N) is 4. The number of amides is 6. The van der Waals surface area contributed by atoms with Gasteiger partial charge in [0.15, 0.2) is 17.7 Å². The molecule has 0 spiro atoms. The first-order valence-electron chi connectivity index (χ1n) is 20.6. The van der Waals surface area contributed by atoms with E-state index in [4.69, 9.17) is 14.2 Å². The highest BCUT2D eigenvalue weighted by Gasteiger charge is 2.57. The second-order valence-corrected chi connectivity index (χ2v) is 17.0. The number of ether oxygens (including phenoxy) is 3. The molecular weight excluding hydrogens is 792 g/mol. The minimum Gasteiger partial charge on any atom is -0.458 e. The van der Waals surface area contributed by atoms with Crippen molar-refractivity contribution in [3.8, 4) is 0 Å². The highest BCUT2D eigenvalue weighted by atomic mass is 16.6. The summed E-state index contributed by atoms with van der Waals surface area (Å²) in [5.41, 5.74) is 2.83. The average Bonchev–Trinajstić information content (AvgIpc) is 3.21. The molecular formula is C38H64N8O14. The predicted molar refractivity (Wildman–Crippen MR) is 206 cm³/mol. The zero-order chi connectivity index (χ0) is 44.9. The monoisotopic (exact) mass is 856 g/mol. The maximum atomic E-state index is 14.8. The molecule has 0 aliphatic carbocycles. The van der Waals surface area contributed by atoms with Crippen LogP contribution in [0.1, 0.15) is 93.4 Å². The van der Waals surface area contributed by atoms with Crippen LogP contribution in [0.5, 0.6) is 0 Å². The van der Waals surface area contributed by atoms with Gasteiger partial charge in [-0.25, -0.2) is 25.8 Å². The number of carbonyl (C=O) groups excluding carboxylic acids is 7. The Kier molecular flexibility index (Phi) is 16.4. The van der Waals surface area contributed by atoms with Gasteiger partial charge in [-0.15, -0.1) is 0 Å². The minimum absolute atomic E-state index is 0.0137. The van der Waals surface area contributed by atoms with E-state index in [9.17, 15) is 54.2 Å². The Bertz CT molecular complexity index is 1600. The number of hydrazine groups is 2. The first kappa shape index (κ1) is 48.6. The molecule has 4 heterocycles.